The van der Waals surface area contributed by atoms with Crippen molar-refractivity contribution in [2.75, 3.05) is 14.2 Å². The Hall–Kier alpha value is -1.50. The first-order valence-electron chi connectivity index (χ1n) is 4.23. The van der Waals surface area contributed by atoms with E-state index in [1.807, 2.05) is 0 Å². The molecule has 0 aromatic carbocycles. The smallest absolute Gasteiger partial charge is 0.418 e. The molecule has 0 aliphatic rings. The topological polar surface area (TPSA) is 51.6 Å². The second-order valence-electron chi connectivity index (χ2n) is 2.88. The molecule has 0 bridgehead atoms. The van der Waals surface area contributed by atoms with Gasteiger partial charge in [-0.15, -0.1) is 0 Å². The van der Waals surface area contributed by atoms with Crippen molar-refractivity contribution in [3.8, 4) is 11.6 Å². The van der Waals surface area contributed by atoms with E-state index in [-0.39, 0.29) is 11.6 Å². The Kier molecular flexibility index (Phi) is 3.58. The first kappa shape index (κ1) is 12.6. The highest BCUT2D eigenvalue weighted by Crippen LogP contribution is 2.40. The summed E-state index contributed by atoms with van der Waals surface area (Å²) in [6, 6.07) is 1.22. The van der Waals surface area contributed by atoms with Crippen LogP contribution in [0.1, 0.15) is 11.7 Å². The minimum absolute atomic E-state index is 0.128. The highest BCUT2D eigenvalue weighted by atomic mass is 19.4. The first-order valence-corrected chi connectivity index (χ1v) is 4.23. The van der Waals surface area contributed by atoms with E-state index in [1.54, 1.807) is 0 Å². The molecule has 0 saturated carbocycles. The molecule has 1 aromatic heterocycles. The lowest BCUT2D eigenvalue weighted by atomic mass is 10.1. The number of hydrogen-bond acceptors (Lipinski definition) is 4. The molecule has 1 rings (SSSR count). The second-order valence-corrected chi connectivity index (χ2v) is 2.88. The molecule has 1 unspecified atom stereocenters. The van der Waals surface area contributed by atoms with Crippen LogP contribution in [0, 0.1) is 0 Å². The van der Waals surface area contributed by atoms with E-state index >= 15 is 0 Å². The quantitative estimate of drug-likeness (QED) is 0.869. The normalized spacial score (nSPS) is 13.4. The Labute approximate surface area is 89.6 Å². The largest absolute Gasteiger partial charge is 0.496 e. The molecule has 4 nitrogen and oxygen atoms in total. The van der Waals surface area contributed by atoms with Gasteiger partial charge in [-0.1, -0.05) is 0 Å². The van der Waals surface area contributed by atoms with Gasteiger partial charge in [0, 0.05) is 6.20 Å². The lowest BCUT2D eigenvalue weighted by molar-refractivity contribution is -0.207. The summed E-state index contributed by atoms with van der Waals surface area (Å²) in [5.74, 6) is -0.444. The Morgan fingerprint density at radius 1 is 1.31 bits per heavy atom. The molecular formula is C9H10F3NO3. The zero-order valence-electron chi connectivity index (χ0n) is 8.58. The van der Waals surface area contributed by atoms with Crippen LogP contribution in [0.5, 0.6) is 11.6 Å². The van der Waals surface area contributed by atoms with Gasteiger partial charge in [0.2, 0.25) is 5.88 Å². The standard InChI is InChI=1S/C9H10F3NO3/c1-15-5-3-4-13-8(16-2)6(5)7(14)9(10,11)12/h3-4,7,14H,1-2H3. The van der Waals surface area contributed by atoms with Gasteiger partial charge in [0.1, 0.15) is 5.75 Å². The monoisotopic (exact) mass is 237 g/mol. The van der Waals surface area contributed by atoms with Crippen molar-refractivity contribution < 1.29 is 27.8 Å². The Balaban J connectivity index is 3.28. The average molecular weight is 237 g/mol. The SMILES string of the molecule is COc1ccnc(OC)c1C(O)C(F)(F)F. The minimum Gasteiger partial charge on any atom is -0.496 e. The molecule has 0 aliphatic carbocycles. The lowest BCUT2D eigenvalue weighted by Crippen LogP contribution is -2.21. The third-order valence-electron chi connectivity index (χ3n) is 1.91. The fourth-order valence-corrected chi connectivity index (χ4v) is 1.19. The first-order chi connectivity index (χ1) is 7.41. The maximum Gasteiger partial charge on any atom is 0.418 e. The third kappa shape index (κ3) is 2.35. The van der Waals surface area contributed by atoms with Crippen LogP contribution in [-0.4, -0.2) is 30.5 Å². The molecule has 1 atom stereocenters. The molecule has 1 N–H and O–H groups in total. The van der Waals surface area contributed by atoms with E-state index in [0.29, 0.717) is 0 Å². The number of ether oxygens (including phenoxy) is 2. The number of rotatable bonds is 3. The molecule has 0 spiro atoms. The van der Waals surface area contributed by atoms with Gasteiger partial charge < -0.3 is 14.6 Å². The van der Waals surface area contributed by atoms with Crippen LogP contribution in [0.15, 0.2) is 12.3 Å². The predicted octanol–water partition coefficient (Wildman–Crippen LogP) is 1.69. The average Bonchev–Trinajstić information content (AvgIpc) is 2.25. The van der Waals surface area contributed by atoms with E-state index in [4.69, 9.17) is 9.84 Å². The van der Waals surface area contributed by atoms with E-state index < -0.39 is 17.8 Å². The summed E-state index contributed by atoms with van der Waals surface area (Å²) >= 11 is 0. The molecule has 0 aliphatic heterocycles. The maximum absolute atomic E-state index is 12.4. The van der Waals surface area contributed by atoms with E-state index in [0.717, 1.165) is 7.11 Å². The van der Waals surface area contributed by atoms with Gasteiger partial charge in [-0.25, -0.2) is 4.98 Å². The molecule has 1 heterocycles. The van der Waals surface area contributed by atoms with E-state index in [9.17, 15) is 13.2 Å². The van der Waals surface area contributed by atoms with Crippen LogP contribution in [0.4, 0.5) is 13.2 Å². The van der Waals surface area contributed by atoms with Crippen molar-refractivity contribution in [3.63, 3.8) is 0 Å². The van der Waals surface area contributed by atoms with E-state index in [1.165, 1.54) is 19.4 Å². The van der Waals surface area contributed by atoms with Gasteiger partial charge in [0.15, 0.2) is 6.10 Å². The molecule has 0 radical (unpaired) electrons. The van der Waals surface area contributed by atoms with Crippen molar-refractivity contribution in [2.24, 2.45) is 0 Å². The number of halogens is 3. The highest BCUT2D eigenvalue weighted by molar-refractivity contribution is 5.42. The number of hydrogen-bond donors (Lipinski definition) is 1. The third-order valence-corrected chi connectivity index (χ3v) is 1.91. The van der Waals surface area contributed by atoms with Crippen LogP contribution >= 0.6 is 0 Å². The molecule has 0 saturated heterocycles. The van der Waals surface area contributed by atoms with Crippen molar-refractivity contribution in [1.29, 1.82) is 0 Å². The zero-order chi connectivity index (χ0) is 12.3. The van der Waals surface area contributed by atoms with Crippen molar-refractivity contribution in [1.82, 2.24) is 4.98 Å². The molecule has 1 aromatic rings. The number of pyridine rings is 1. The Morgan fingerprint density at radius 2 is 1.94 bits per heavy atom. The molecule has 0 amide bonds. The fraction of sp³-hybridized carbons (Fsp3) is 0.444. The summed E-state index contributed by atoms with van der Waals surface area (Å²) in [4.78, 5) is 3.58. The number of aliphatic hydroxyl groups is 1. The summed E-state index contributed by atoms with van der Waals surface area (Å²) in [7, 11) is 2.36. The predicted molar refractivity (Wildman–Crippen MR) is 48.4 cm³/mol. The highest BCUT2D eigenvalue weighted by Gasteiger charge is 2.43. The van der Waals surface area contributed by atoms with E-state index in [2.05, 4.69) is 9.72 Å². The van der Waals surface area contributed by atoms with Crippen LogP contribution in [0.2, 0.25) is 0 Å². The maximum atomic E-state index is 12.4. The summed E-state index contributed by atoms with van der Waals surface area (Å²) in [6.45, 7) is 0. The van der Waals surface area contributed by atoms with Crippen LogP contribution in [-0.2, 0) is 0 Å². The molecule has 7 heteroatoms. The molecule has 0 fully saturated rings. The Bertz CT molecular complexity index is 345. The van der Waals surface area contributed by atoms with Gasteiger partial charge in [-0.05, 0) is 6.07 Å². The van der Waals surface area contributed by atoms with Crippen LogP contribution in [0.25, 0.3) is 0 Å². The van der Waals surface area contributed by atoms with Crippen molar-refractivity contribution in [3.05, 3.63) is 17.8 Å². The number of alkyl halides is 3. The zero-order valence-corrected chi connectivity index (χ0v) is 8.58. The molecule has 16 heavy (non-hydrogen) atoms. The second kappa shape index (κ2) is 4.56. The number of nitrogens with zero attached hydrogens (tertiary/aromatic N) is 1. The van der Waals surface area contributed by atoms with Crippen molar-refractivity contribution >= 4 is 0 Å². The molecular weight excluding hydrogens is 227 g/mol. The van der Waals surface area contributed by atoms with Gasteiger partial charge >= 0.3 is 6.18 Å². The summed E-state index contributed by atoms with van der Waals surface area (Å²) < 4.78 is 46.5. The van der Waals surface area contributed by atoms with Crippen molar-refractivity contribution in [2.45, 2.75) is 12.3 Å². The van der Waals surface area contributed by atoms with Gasteiger partial charge in [0.25, 0.3) is 0 Å². The van der Waals surface area contributed by atoms with Crippen LogP contribution in [0.3, 0.4) is 0 Å². The number of aromatic nitrogens is 1. The minimum atomic E-state index is -4.80. The van der Waals surface area contributed by atoms with Crippen LogP contribution < -0.4 is 9.47 Å². The Morgan fingerprint density at radius 3 is 2.38 bits per heavy atom. The number of methoxy groups -OCH3 is 2. The number of aliphatic hydroxyl groups excluding tert-OH is 1. The summed E-state index contributed by atoms with van der Waals surface area (Å²) in [6.07, 6.45) is -6.26. The summed E-state index contributed by atoms with van der Waals surface area (Å²) in [5.41, 5.74) is -0.528. The molecule has 90 valence electrons. The fourth-order valence-electron chi connectivity index (χ4n) is 1.19. The van der Waals surface area contributed by atoms with Gasteiger partial charge in [-0.3, -0.25) is 0 Å². The van der Waals surface area contributed by atoms with Gasteiger partial charge in [-0.2, -0.15) is 13.2 Å². The van der Waals surface area contributed by atoms with Gasteiger partial charge in [0.05, 0.1) is 19.8 Å². The summed E-state index contributed by atoms with van der Waals surface area (Å²) in [5, 5.41) is 9.16. The lowest BCUT2D eigenvalue weighted by Gasteiger charge is -2.19.